The highest BCUT2D eigenvalue weighted by atomic mass is 32.2. The van der Waals surface area contributed by atoms with Crippen LogP contribution in [-0.2, 0) is 4.79 Å². The molecule has 2 aromatic rings. The number of thioether (sulfide) groups is 1. The molecule has 27 heavy (non-hydrogen) atoms. The molecule has 7 heteroatoms. The number of rotatable bonds is 4. The predicted octanol–water partition coefficient (Wildman–Crippen LogP) is 2.60. The molecule has 0 atom stereocenters. The molecule has 1 aliphatic heterocycles. The van der Waals surface area contributed by atoms with Crippen molar-refractivity contribution in [2.75, 3.05) is 14.2 Å². The monoisotopic (exact) mass is 381 g/mol. The van der Waals surface area contributed by atoms with Crippen LogP contribution in [0.2, 0.25) is 0 Å². The number of carbonyl (C=O) groups excluding carboxylic acids is 2. The number of amidine groups is 1. The van der Waals surface area contributed by atoms with Crippen LogP contribution in [-0.4, -0.2) is 36.1 Å². The summed E-state index contributed by atoms with van der Waals surface area (Å²) < 4.78 is 5.25. The summed E-state index contributed by atoms with van der Waals surface area (Å²) in [6.07, 6.45) is 1.80. The fraction of sp³-hybridized carbons (Fsp3) is 0.150. The van der Waals surface area contributed by atoms with E-state index in [4.69, 9.17) is 4.74 Å². The zero-order valence-corrected chi connectivity index (χ0v) is 15.9. The number of benzene rings is 2. The zero-order chi connectivity index (χ0) is 19.6. The third kappa shape index (κ3) is 4.03. The van der Waals surface area contributed by atoms with Crippen molar-refractivity contribution in [1.29, 1.82) is 0 Å². The number of hydrogen-bond acceptors (Lipinski definition) is 6. The number of methoxy groups -OCH3 is 1. The quantitative estimate of drug-likeness (QED) is 0.761. The predicted molar refractivity (Wildman–Crippen MR) is 104 cm³/mol. The van der Waals surface area contributed by atoms with Crippen LogP contribution in [0.25, 0.3) is 6.08 Å². The smallest absolute Gasteiger partial charge is 0.266 e. The molecule has 0 saturated carbocycles. The number of carboxylic acids is 1. The first-order valence-electron chi connectivity index (χ1n) is 8.11. The Morgan fingerprint density at radius 3 is 2.70 bits per heavy atom. The highest BCUT2D eigenvalue weighted by Gasteiger charge is 2.30. The van der Waals surface area contributed by atoms with Gasteiger partial charge in [-0.05, 0) is 65.7 Å². The van der Waals surface area contributed by atoms with E-state index in [-0.39, 0.29) is 11.5 Å². The molecule has 3 rings (SSSR count). The molecule has 0 aliphatic carbocycles. The Kier molecular flexibility index (Phi) is 5.32. The second-order valence-electron chi connectivity index (χ2n) is 5.94. The lowest BCUT2D eigenvalue weighted by Gasteiger charge is -2.08. The third-order valence-electron chi connectivity index (χ3n) is 4.03. The van der Waals surface area contributed by atoms with E-state index in [2.05, 4.69) is 4.99 Å². The van der Waals surface area contributed by atoms with Gasteiger partial charge < -0.3 is 14.6 Å². The average molecular weight is 381 g/mol. The number of aryl methyl sites for hydroxylation is 1. The van der Waals surface area contributed by atoms with Crippen molar-refractivity contribution in [3.05, 3.63) is 64.1 Å². The highest BCUT2D eigenvalue weighted by molar-refractivity contribution is 8.18. The minimum atomic E-state index is -1.27. The largest absolute Gasteiger partial charge is 0.545 e. The van der Waals surface area contributed by atoms with Crippen LogP contribution in [0.1, 0.15) is 21.5 Å². The van der Waals surface area contributed by atoms with Gasteiger partial charge >= 0.3 is 0 Å². The van der Waals surface area contributed by atoms with Crippen molar-refractivity contribution in [2.45, 2.75) is 6.92 Å². The van der Waals surface area contributed by atoms with Crippen LogP contribution < -0.4 is 9.84 Å². The molecule has 2 aromatic carbocycles. The number of carboxylic acid groups (broad SMARTS) is 1. The Morgan fingerprint density at radius 1 is 1.26 bits per heavy atom. The number of ether oxygens (including phenoxy) is 1. The second-order valence-corrected chi connectivity index (χ2v) is 6.95. The molecule has 0 N–H and O–H groups in total. The highest BCUT2D eigenvalue weighted by Crippen LogP contribution is 2.33. The van der Waals surface area contributed by atoms with E-state index < -0.39 is 5.97 Å². The lowest BCUT2D eigenvalue weighted by atomic mass is 10.1. The van der Waals surface area contributed by atoms with Gasteiger partial charge in [0.25, 0.3) is 5.91 Å². The van der Waals surface area contributed by atoms with E-state index >= 15 is 0 Å². The Hall–Kier alpha value is -3.06. The van der Waals surface area contributed by atoms with E-state index in [1.807, 2.05) is 25.1 Å². The van der Waals surface area contributed by atoms with Crippen LogP contribution in [0.5, 0.6) is 5.75 Å². The first-order valence-corrected chi connectivity index (χ1v) is 8.93. The van der Waals surface area contributed by atoms with Gasteiger partial charge in [-0.25, -0.2) is 4.99 Å². The summed E-state index contributed by atoms with van der Waals surface area (Å²) in [5, 5.41) is 11.5. The van der Waals surface area contributed by atoms with Crippen molar-refractivity contribution in [2.24, 2.45) is 4.99 Å². The first kappa shape index (κ1) is 18.7. The lowest BCUT2D eigenvalue weighted by molar-refractivity contribution is -0.255. The number of likely N-dealkylation sites (N-methyl/N-ethyl adjacent to an activating group) is 1. The van der Waals surface area contributed by atoms with Gasteiger partial charge in [0.05, 0.1) is 23.7 Å². The van der Waals surface area contributed by atoms with E-state index in [1.54, 1.807) is 32.4 Å². The maximum Gasteiger partial charge on any atom is 0.266 e. The molecule has 0 spiro atoms. The van der Waals surface area contributed by atoms with Crippen LogP contribution >= 0.6 is 11.8 Å². The Bertz CT molecular complexity index is 982. The maximum atomic E-state index is 12.5. The molecule has 1 amide bonds. The molecule has 1 heterocycles. The molecule has 1 saturated heterocycles. The standard InChI is InChI=1S/C20H18N2O4S/c1-12-9-13(7-8-16(12)26-3)10-17-18(23)22(2)20(27-17)21-15-6-4-5-14(11-15)19(24)25/h4-11H,1-3H3,(H,24,25)/p-1/b17-10+,21-20?. The summed E-state index contributed by atoms with van der Waals surface area (Å²) in [5.41, 5.74) is 2.35. The van der Waals surface area contributed by atoms with Crippen LogP contribution in [0.15, 0.2) is 52.4 Å². The van der Waals surface area contributed by atoms with Gasteiger partial charge in [-0.2, -0.15) is 0 Å². The van der Waals surface area contributed by atoms with Gasteiger partial charge in [0.2, 0.25) is 0 Å². The molecule has 0 unspecified atom stereocenters. The molecule has 138 valence electrons. The summed E-state index contributed by atoms with van der Waals surface area (Å²) in [4.78, 5) is 29.9. The van der Waals surface area contributed by atoms with Crippen LogP contribution in [0.4, 0.5) is 5.69 Å². The summed E-state index contributed by atoms with van der Waals surface area (Å²) in [6.45, 7) is 1.94. The number of carbonyl (C=O) groups is 2. The molecule has 1 aliphatic rings. The van der Waals surface area contributed by atoms with Gasteiger partial charge in [-0.1, -0.05) is 18.2 Å². The van der Waals surface area contributed by atoms with Gasteiger partial charge in [-0.3, -0.25) is 9.69 Å². The van der Waals surface area contributed by atoms with Gasteiger partial charge in [0, 0.05) is 7.05 Å². The minimum absolute atomic E-state index is 0.0401. The molecule has 0 bridgehead atoms. The average Bonchev–Trinajstić information content (AvgIpc) is 2.90. The summed E-state index contributed by atoms with van der Waals surface area (Å²) >= 11 is 1.24. The fourth-order valence-corrected chi connectivity index (χ4v) is 3.59. The second kappa shape index (κ2) is 7.67. The van der Waals surface area contributed by atoms with Gasteiger partial charge in [0.15, 0.2) is 5.17 Å². The number of hydrogen-bond donors (Lipinski definition) is 0. The molecule has 0 aromatic heterocycles. The van der Waals surface area contributed by atoms with Crippen molar-refractivity contribution >= 4 is 40.6 Å². The molecule has 1 fully saturated rings. The molecule has 6 nitrogen and oxygen atoms in total. The molecular formula is C20H17N2O4S-. The van der Waals surface area contributed by atoms with Gasteiger partial charge in [0.1, 0.15) is 5.75 Å². The summed E-state index contributed by atoms with van der Waals surface area (Å²) in [5.74, 6) is -0.644. The Labute approximate surface area is 161 Å². The Balaban J connectivity index is 1.89. The fourth-order valence-electron chi connectivity index (χ4n) is 2.61. The number of aromatic carboxylic acids is 1. The van der Waals surface area contributed by atoms with Crippen molar-refractivity contribution < 1.29 is 19.4 Å². The van der Waals surface area contributed by atoms with E-state index in [1.165, 1.54) is 28.8 Å². The van der Waals surface area contributed by atoms with Crippen molar-refractivity contribution in [3.8, 4) is 5.75 Å². The topological polar surface area (TPSA) is 82.0 Å². The van der Waals surface area contributed by atoms with Crippen molar-refractivity contribution in [3.63, 3.8) is 0 Å². The zero-order valence-electron chi connectivity index (χ0n) is 15.1. The molecular weight excluding hydrogens is 364 g/mol. The van der Waals surface area contributed by atoms with E-state index in [9.17, 15) is 14.7 Å². The van der Waals surface area contributed by atoms with Crippen molar-refractivity contribution in [1.82, 2.24) is 4.90 Å². The molecule has 0 radical (unpaired) electrons. The minimum Gasteiger partial charge on any atom is -0.545 e. The summed E-state index contributed by atoms with van der Waals surface area (Å²) in [7, 11) is 3.25. The number of aliphatic imine (C=N–C) groups is 1. The van der Waals surface area contributed by atoms with E-state index in [0.29, 0.717) is 15.8 Å². The van der Waals surface area contributed by atoms with Gasteiger partial charge in [-0.15, -0.1) is 0 Å². The summed E-state index contributed by atoms with van der Waals surface area (Å²) in [6, 6.07) is 11.8. The first-order chi connectivity index (χ1) is 12.9. The van der Waals surface area contributed by atoms with E-state index in [0.717, 1.165) is 16.9 Å². The van der Waals surface area contributed by atoms with Crippen LogP contribution in [0.3, 0.4) is 0 Å². The Morgan fingerprint density at radius 2 is 2.04 bits per heavy atom. The normalized spacial score (nSPS) is 17.0. The number of amides is 1. The lowest BCUT2D eigenvalue weighted by Crippen LogP contribution is -2.23. The van der Waals surface area contributed by atoms with Crippen LogP contribution in [0, 0.1) is 6.92 Å². The third-order valence-corrected chi connectivity index (χ3v) is 5.09. The SMILES string of the molecule is COc1ccc(/C=C2/SC(=Nc3cccc(C(=O)[O-])c3)N(C)C2=O)cc1C. The number of nitrogens with zero attached hydrogens (tertiary/aromatic N) is 2. The maximum absolute atomic E-state index is 12.5.